The standard InChI is InChI=1S/C14H26N2/c1-11-2-3-12(8-11)9-15-14-5-7-16-6-4-13(14)10-16/h11-15H,2-10H2,1H3. The first kappa shape index (κ1) is 11.0. The van der Waals surface area contributed by atoms with Gasteiger partial charge in [0.1, 0.15) is 0 Å². The third kappa shape index (κ3) is 2.28. The zero-order chi connectivity index (χ0) is 11.0. The Hall–Kier alpha value is -0.0800. The molecule has 5 unspecified atom stereocenters. The minimum Gasteiger partial charge on any atom is -0.313 e. The number of piperidine rings is 1. The van der Waals surface area contributed by atoms with Crippen LogP contribution in [0.4, 0.5) is 0 Å². The highest BCUT2D eigenvalue weighted by Gasteiger charge is 2.34. The smallest absolute Gasteiger partial charge is 0.0120 e. The maximum atomic E-state index is 3.89. The van der Waals surface area contributed by atoms with Crippen molar-refractivity contribution in [2.45, 2.75) is 45.1 Å². The second-order valence-electron chi connectivity index (χ2n) is 6.44. The summed E-state index contributed by atoms with van der Waals surface area (Å²) in [6, 6.07) is 0.842. The minimum atomic E-state index is 0.842. The van der Waals surface area contributed by atoms with Crippen LogP contribution in [0.25, 0.3) is 0 Å². The fourth-order valence-corrected chi connectivity index (χ4v) is 4.05. The zero-order valence-electron chi connectivity index (χ0n) is 10.6. The SMILES string of the molecule is CC1CCC(CNC2CCN3CCC2C3)C1. The zero-order valence-corrected chi connectivity index (χ0v) is 10.6. The summed E-state index contributed by atoms with van der Waals surface area (Å²) in [5, 5.41) is 3.89. The predicted octanol–water partition coefficient (Wildman–Crippen LogP) is 2.11. The molecule has 5 atom stereocenters. The van der Waals surface area contributed by atoms with Gasteiger partial charge in [-0.05, 0) is 63.1 Å². The van der Waals surface area contributed by atoms with Crippen LogP contribution in [0.15, 0.2) is 0 Å². The summed E-state index contributed by atoms with van der Waals surface area (Å²) in [5.74, 6) is 2.93. The van der Waals surface area contributed by atoms with E-state index in [9.17, 15) is 0 Å². The van der Waals surface area contributed by atoms with Crippen LogP contribution < -0.4 is 5.32 Å². The highest BCUT2D eigenvalue weighted by Crippen LogP contribution is 2.31. The molecule has 2 heterocycles. The number of nitrogens with one attached hydrogen (secondary N) is 1. The van der Waals surface area contributed by atoms with Gasteiger partial charge in [-0.25, -0.2) is 0 Å². The molecule has 0 aromatic heterocycles. The van der Waals surface area contributed by atoms with Crippen molar-refractivity contribution in [2.75, 3.05) is 26.2 Å². The van der Waals surface area contributed by atoms with Crippen LogP contribution in [0, 0.1) is 17.8 Å². The molecule has 0 aromatic carbocycles. The molecule has 92 valence electrons. The molecule has 3 rings (SSSR count). The van der Waals surface area contributed by atoms with Gasteiger partial charge in [0, 0.05) is 12.6 Å². The summed E-state index contributed by atoms with van der Waals surface area (Å²) in [5.41, 5.74) is 0. The molecule has 1 aliphatic carbocycles. The summed E-state index contributed by atoms with van der Waals surface area (Å²) in [4.78, 5) is 2.64. The Morgan fingerprint density at radius 2 is 2.00 bits per heavy atom. The quantitative estimate of drug-likeness (QED) is 0.787. The summed E-state index contributed by atoms with van der Waals surface area (Å²) in [6.45, 7) is 7.79. The van der Waals surface area contributed by atoms with Crippen molar-refractivity contribution in [1.29, 1.82) is 0 Å². The van der Waals surface area contributed by atoms with Gasteiger partial charge < -0.3 is 10.2 Å². The second kappa shape index (κ2) is 4.66. The van der Waals surface area contributed by atoms with Gasteiger partial charge in [-0.3, -0.25) is 0 Å². The molecular weight excluding hydrogens is 196 g/mol. The highest BCUT2D eigenvalue weighted by atomic mass is 15.2. The van der Waals surface area contributed by atoms with Gasteiger partial charge in [0.15, 0.2) is 0 Å². The number of rotatable bonds is 3. The van der Waals surface area contributed by atoms with Crippen LogP contribution in [0.1, 0.15) is 39.0 Å². The Morgan fingerprint density at radius 3 is 2.81 bits per heavy atom. The highest BCUT2D eigenvalue weighted by molar-refractivity contribution is 4.91. The van der Waals surface area contributed by atoms with E-state index in [1.54, 1.807) is 0 Å². The van der Waals surface area contributed by atoms with Gasteiger partial charge in [0.2, 0.25) is 0 Å². The Balaban J connectivity index is 1.44. The molecule has 2 bridgehead atoms. The fraction of sp³-hybridized carbons (Fsp3) is 1.00. The van der Waals surface area contributed by atoms with Crippen LogP contribution in [-0.2, 0) is 0 Å². The molecule has 1 N–H and O–H groups in total. The lowest BCUT2D eigenvalue weighted by atomic mass is 9.93. The lowest BCUT2D eigenvalue weighted by molar-refractivity contribution is 0.215. The summed E-state index contributed by atoms with van der Waals surface area (Å²) in [6.07, 6.45) is 7.24. The van der Waals surface area contributed by atoms with Crippen molar-refractivity contribution in [2.24, 2.45) is 17.8 Å². The van der Waals surface area contributed by atoms with Gasteiger partial charge in [0.25, 0.3) is 0 Å². The first-order valence-corrected chi connectivity index (χ1v) is 7.27. The van der Waals surface area contributed by atoms with E-state index in [0.29, 0.717) is 0 Å². The van der Waals surface area contributed by atoms with E-state index in [1.165, 1.54) is 58.3 Å². The molecule has 0 aromatic rings. The van der Waals surface area contributed by atoms with Crippen molar-refractivity contribution in [3.63, 3.8) is 0 Å². The number of fused-ring (bicyclic) bond motifs is 2. The molecule has 2 heteroatoms. The van der Waals surface area contributed by atoms with Crippen LogP contribution in [-0.4, -0.2) is 37.1 Å². The van der Waals surface area contributed by atoms with E-state index in [1.807, 2.05) is 0 Å². The molecular formula is C14H26N2. The van der Waals surface area contributed by atoms with Gasteiger partial charge in [-0.15, -0.1) is 0 Å². The van der Waals surface area contributed by atoms with Crippen LogP contribution in [0.5, 0.6) is 0 Å². The summed E-state index contributed by atoms with van der Waals surface area (Å²) < 4.78 is 0. The normalized spacial score (nSPS) is 47.4. The number of nitrogens with zero attached hydrogens (tertiary/aromatic N) is 1. The van der Waals surface area contributed by atoms with Crippen molar-refractivity contribution < 1.29 is 0 Å². The predicted molar refractivity (Wildman–Crippen MR) is 67.5 cm³/mol. The van der Waals surface area contributed by atoms with E-state index in [2.05, 4.69) is 17.1 Å². The maximum absolute atomic E-state index is 3.89. The molecule has 3 fully saturated rings. The lowest BCUT2D eigenvalue weighted by Gasteiger charge is -2.32. The van der Waals surface area contributed by atoms with E-state index in [4.69, 9.17) is 0 Å². The summed E-state index contributed by atoms with van der Waals surface area (Å²) >= 11 is 0. The van der Waals surface area contributed by atoms with Crippen LogP contribution in [0.2, 0.25) is 0 Å². The average Bonchev–Trinajstić information content (AvgIpc) is 2.86. The van der Waals surface area contributed by atoms with Crippen molar-refractivity contribution >= 4 is 0 Å². The van der Waals surface area contributed by atoms with Gasteiger partial charge >= 0.3 is 0 Å². The second-order valence-corrected chi connectivity index (χ2v) is 6.44. The molecule has 0 radical (unpaired) electrons. The van der Waals surface area contributed by atoms with Crippen LogP contribution in [0.3, 0.4) is 0 Å². The molecule has 3 aliphatic rings. The van der Waals surface area contributed by atoms with E-state index in [-0.39, 0.29) is 0 Å². The Morgan fingerprint density at radius 1 is 1.12 bits per heavy atom. The van der Waals surface area contributed by atoms with Gasteiger partial charge in [-0.1, -0.05) is 13.3 Å². The first-order valence-electron chi connectivity index (χ1n) is 7.27. The molecule has 16 heavy (non-hydrogen) atoms. The molecule has 0 amide bonds. The Labute approximate surface area is 99.8 Å². The molecule has 0 spiro atoms. The summed E-state index contributed by atoms with van der Waals surface area (Å²) in [7, 11) is 0. The molecule has 1 saturated carbocycles. The van der Waals surface area contributed by atoms with Crippen molar-refractivity contribution in [1.82, 2.24) is 10.2 Å². The Kier molecular flexibility index (Phi) is 3.21. The average molecular weight is 222 g/mol. The minimum absolute atomic E-state index is 0.842. The first-order chi connectivity index (χ1) is 7.81. The number of hydrogen-bond donors (Lipinski definition) is 1. The van der Waals surface area contributed by atoms with Gasteiger partial charge in [-0.2, -0.15) is 0 Å². The number of hydrogen-bond acceptors (Lipinski definition) is 2. The monoisotopic (exact) mass is 222 g/mol. The maximum Gasteiger partial charge on any atom is 0.0120 e. The third-order valence-electron chi connectivity index (χ3n) is 5.11. The van der Waals surface area contributed by atoms with E-state index < -0.39 is 0 Å². The molecule has 2 saturated heterocycles. The molecule has 2 aliphatic heterocycles. The van der Waals surface area contributed by atoms with Crippen molar-refractivity contribution in [3.8, 4) is 0 Å². The van der Waals surface area contributed by atoms with E-state index >= 15 is 0 Å². The van der Waals surface area contributed by atoms with Gasteiger partial charge in [0.05, 0.1) is 0 Å². The molecule has 2 nitrogen and oxygen atoms in total. The fourth-order valence-electron chi connectivity index (χ4n) is 4.05. The largest absolute Gasteiger partial charge is 0.313 e. The van der Waals surface area contributed by atoms with Crippen LogP contribution >= 0.6 is 0 Å². The third-order valence-corrected chi connectivity index (χ3v) is 5.11. The van der Waals surface area contributed by atoms with E-state index in [0.717, 1.165) is 23.8 Å². The lowest BCUT2D eigenvalue weighted by Crippen LogP contribution is -2.45. The topological polar surface area (TPSA) is 15.3 Å². The van der Waals surface area contributed by atoms with Crippen molar-refractivity contribution in [3.05, 3.63) is 0 Å². The Bertz CT molecular complexity index is 241.